The molecule has 2 heterocycles. The molecule has 14 nitrogen and oxygen atoms in total. The summed E-state index contributed by atoms with van der Waals surface area (Å²) in [4.78, 5) is 10.7. The van der Waals surface area contributed by atoms with Gasteiger partial charge in [-0.15, -0.1) is 10.2 Å². The van der Waals surface area contributed by atoms with Gasteiger partial charge in [-0.2, -0.15) is 5.21 Å². The van der Waals surface area contributed by atoms with Crippen molar-refractivity contribution in [3.05, 3.63) is 23.8 Å². The second kappa shape index (κ2) is 10.1. The Balaban J connectivity index is 1.90. The molecule has 0 saturated carbocycles. The molecule has 1 fully saturated rings. The Kier molecular flexibility index (Phi) is 7.30. The average Bonchev–Trinajstić information content (AvgIpc) is 3.52. The maximum absolute atomic E-state index is 13.3. The third-order valence-corrected chi connectivity index (χ3v) is 8.57. The van der Waals surface area contributed by atoms with Crippen LogP contribution >= 0.6 is 0 Å². The molecule has 0 radical (unpaired) electrons. The number of aromatic nitrogens is 4. The minimum Gasteiger partial charge on any atom is -0.349 e. The molecule has 35 heavy (non-hydrogen) atoms. The van der Waals surface area contributed by atoms with E-state index in [9.17, 15) is 21.6 Å². The van der Waals surface area contributed by atoms with Crippen LogP contribution in [0.5, 0.6) is 0 Å². The number of rotatable bonds is 8. The van der Waals surface area contributed by atoms with Crippen molar-refractivity contribution < 1.29 is 21.6 Å². The number of benzene rings is 1. The highest BCUT2D eigenvalue weighted by Gasteiger charge is 2.34. The number of carbonyl (C=O) groups excluding carboxylic acids is 1. The molecule has 2 unspecified atom stereocenters. The minimum absolute atomic E-state index is 0.0780. The molecule has 2 aromatic rings. The number of H-pyrrole nitrogens is 1. The largest absolute Gasteiger partial charge is 0.349 e. The fraction of sp³-hybridized carbons (Fsp3) is 0.474. The first kappa shape index (κ1) is 25.3. The van der Waals surface area contributed by atoms with Crippen LogP contribution < -0.4 is 26.2 Å². The number of allylic oxidation sites excluding steroid dienone is 1. The number of primary sulfonamides is 1. The van der Waals surface area contributed by atoms with Gasteiger partial charge in [-0.05, 0) is 54.6 Å². The lowest BCUT2D eigenvalue weighted by atomic mass is 9.88. The molecule has 1 aromatic heterocycles. The summed E-state index contributed by atoms with van der Waals surface area (Å²) in [5.74, 6) is -0.456. The van der Waals surface area contributed by atoms with E-state index >= 15 is 0 Å². The summed E-state index contributed by atoms with van der Waals surface area (Å²) < 4.78 is 54.8. The average molecular weight is 526 g/mol. The zero-order valence-electron chi connectivity index (χ0n) is 18.7. The van der Waals surface area contributed by atoms with Gasteiger partial charge >= 0.3 is 0 Å². The lowest BCUT2D eigenvalue weighted by Crippen LogP contribution is -2.38. The van der Waals surface area contributed by atoms with Crippen molar-refractivity contribution in [2.24, 2.45) is 10.9 Å². The van der Waals surface area contributed by atoms with E-state index in [0.29, 0.717) is 49.9 Å². The van der Waals surface area contributed by atoms with Gasteiger partial charge in [0.1, 0.15) is 9.79 Å². The van der Waals surface area contributed by atoms with Crippen molar-refractivity contribution in [1.82, 2.24) is 36.0 Å². The summed E-state index contributed by atoms with van der Waals surface area (Å²) >= 11 is 0. The molecule has 1 amide bonds. The van der Waals surface area contributed by atoms with E-state index in [0.717, 1.165) is 0 Å². The first-order valence-electron chi connectivity index (χ1n) is 11.0. The second-order valence-electron chi connectivity index (χ2n) is 8.37. The Morgan fingerprint density at radius 1 is 1.20 bits per heavy atom. The van der Waals surface area contributed by atoms with Crippen LogP contribution in [0.2, 0.25) is 0 Å². The van der Waals surface area contributed by atoms with Crippen LogP contribution in [-0.2, 0) is 24.8 Å². The molecule has 1 aromatic carbocycles. The summed E-state index contributed by atoms with van der Waals surface area (Å²) in [7, 11) is -8.85. The van der Waals surface area contributed by atoms with Gasteiger partial charge in [0.25, 0.3) is 0 Å². The molecule has 1 aliphatic heterocycles. The zero-order valence-corrected chi connectivity index (χ0v) is 20.3. The predicted molar refractivity (Wildman–Crippen MR) is 125 cm³/mol. The number of hydrogen-bond donors (Lipinski definition) is 6. The Bertz CT molecular complexity index is 1330. The topological polar surface area (TPSA) is 228 Å². The van der Waals surface area contributed by atoms with Crippen LogP contribution in [-0.4, -0.2) is 75.1 Å². The molecule has 0 bridgehead atoms. The highest BCUT2D eigenvalue weighted by atomic mass is 32.2. The Morgan fingerprint density at radius 2 is 2.00 bits per heavy atom. The first-order chi connectivity index (χ1) is 16.6. The van der Waals surface area contributed by atoms with E-state index in [2.05, 4.69) is 36.0 Å². The monoisotopic (exact) mass is 525 g/mol. The van der Waals surface area contributed by atoms with E-state index in [-0.39, 0.29) is 29.9 Å². The van der Waals surface area contributed by atoms with E-state index < -0.39 is 35.9 Å². The number of carbonyl (C=O) groups is 1. The van der Waals surface area contributed by atoms with Gasteiger partial charge in [0.2, 0.25) is 31.8 Å². The molecular formula is C19H27N9O5S2. The van der Waals surface area contributed by atoms with E-state index in [4.69, 9.17) is 10.9 Å². The van der Waals surface area contributed by atoms with Crippen LogP contribution in [0.4, 0.5) is 0 Å². The highest BCUT2D eigenvalue weighted by Crippen LogP contribution is 2.39. The van der Waals surface area contributed by atoms with Gasteiger partial charge in [0.05, 0.1) is 12.1 Å². The van der Waals surface area contributed by atoms with Crippen molar-refractivity contribution in [1.29, 1.82) is 0 Å². The minimum atomic E-state index is -4.57. The van der Waals surface area contributed by atoms with Gasteiger partial charge in [-0.25, -0.2) is 26.7 Å². The smallest absolute Gasteiger partial charge is 0.242 e. The molecule has 1 saturated heterocycles. The van der Waals surface area contributed by atoms with Crippen molar-refractivity contribution in [3.63, 3.8) is 0 Å². The molecule has 1 aliphatic carbocycles. The summed E-state index contributed by atoms with van der Waals surface area (Å²) in [6.45, 7) is 0.889. The van der Waals surface area contributed by atoms with Crippen LogP contribution in [0.1, 0.15) is 31.2 Å². The number of amides is 1. The summed E-state index contributed by atoms with van der Waals surface area (Å²) in [6.07, 6.45) is 4.25. The normalized spacial score (nSPS) is 21.0. The Hall–Kier alpha value is -2.76. The van der Waals surface area contributed by atoms with Crippen molar-refractivity contribution in [3.8, 4) is 11.4 Å². The highest BCUT2D eigenvalue weighted by molar-refractivity contribution is 7.92. The van der Waals surface area contributed by atoms with Crippen molar-refractivity contribution in [2.45, 2.75) is 47.6 Å². The quantitative estimate of drug-likeness (QED) is 0.226. The first-order valence-corrected chi connectivity index (χ1v) is 14.0. The van der Waals surface area contributed by atoms with Gasteiger partial charge in [-0.3, -0.25) is 4.79 Å². The fourth-order valence-corrected chi connectivity index (χ4v) is 7.25. The van der Waals surface area contributed by atoms with Crippen molar-refractivity contribution in [2.75, 3.05) is 19.6 Å². The van der Waals surface area contributed by atoms with Crippen LogP contribution in [0.15, 0.2) is 28.0 Å². The Labute approximate surface area is 202 Å². The van der Waals surface area contributed by atoms with Crippen LogP contribution in [0.3, 0.4) is 0 Å². The number of nitrogens with two attached hydrogens (primary N) is 2. The predicted octanol–water partition coefficient (Wildman–Crippen LogP) is -1.83. The molecule has 16 heteroatoms. The summed E-state index contributed by atoms with van der Waals surface area (Å²) in [5, 5.41) is 25.0. The summed E-state index contributed by atoms with van der Waals surface area (Å²) in [5.41, 5.74) is 6.38. The second-order valence-corrected chi connectivity index (χ2v) is 11.5. The maximum Gasteiger partial charge on any atom is 0.242 e. The van der Waals surface area contributed by atoms with Gasteiger partial charge in [-0.1, -0.05) is 12.1 Å². The number of sulfonamides is 2. The number of tetrazole rings is 1. The molecule has 4 rings (SSSR count). The Morgan fingerprint density at radius 3 is 2.63 bits per heavy atom. The van der Waals surface area contributed by atoms with Crippen LogP contribution in [0, 0.1) is 0 Å². The molecular weight excluding hydrogens is 498 g/mol. The molecule has 8 N–H and O–H groups in total. The van der Waals surface area contributed by atoms with Crippen molar-refractivity contribution >= 4 is 31.5 Å². The van der Waals surface area contributed by atoms with E-state index in [1.165, 1.54) is 12.1 Å². The number of nitrogens with zero attached hydrogens (tertiary/aromatic N) is 3. The van der Waals surface area contributed by atoms with Gasteiger partial charge in [0.15, 0.2) is 0 Å². The maximum atomic E-state index is 13.3. The third kappa shape index (κ3) is 5.57. The third-order valence-electron chi connectivity index (χ3n) is 5.89. The fourth-order valence-electron chi connectivity index (χ4n) is 4.38. The molecule has 190 valence electrons. The van der Waals surface area contributed by atoms with Gasteiger partial charge < -0.3 is 16.4 Å². The standard InChI is InChI=1S/C19H27N9O5S2/c20-9-16(29)23-12-3-1-2-11(8-12)14-4-5-15(35(32,33)26-13-6-7-22-10-13)18(34(21,30)31)17(14)19-24-27-28-25-19/h4-5,8,12-13,22,26H,1-3,6-7,9-10,20H2,(H,23,29)(H2,21,30,31)(H,24,25,27,28). The zero-order chi connectivity index (χ0) is 25.2. The summed E-state index contributed by atoms with van der Waals surface area (Å²) in [6, 6.07) is 1.99. The van der Waals surface area contributed by atoms with E-state index in [1.807, 2.05) is 0 Å². The molecule has 0 spiro atoms. The lowest BCUT2D eigenvalue weighted by molar-refractivity contribution is -0.120. The van der Waals surface area contributed by atoms with Crippen LogP contribution in [0.25, 0.3) is 17.0 Å². The number of hydrogen-bond acceptors (Lipinski definition) is 10. The van der Waals surface area contributed by atoms with E-state index in [1.54, 1.807) is 6.08 Å². The lowest BCUT2D eigenvalue weighted by Gasteiger charge is -2.24. The number of aromatic amines is 1. The van der Waals surface area contributed by atoms with Gasteiger partial charge in [0, 0.05) is 18.6 Å². The number of nitrogens with one attached hydrogen (secondary N) is 4. The SMILES string of the molecule is NCC(=O)NC1C=C(c2ccc(S(=O)(=O)NC3CCNC3)c(S(N)(=O)=O)c2-c2nn[nH]n2)CCC1. The molecule has 2 aliphatic rings. The molecule has 2 atom stereocenters.